The number of hydrogen-bond donors (Lipinski definition) is 1. The maximum Gasteiger partial charge on any atom is 0.270 e. The molecule has 28 heavy (non-hydrogen) atoms. The molecule has 0 aliphatic heterocycles. The Morgan fingerprint density at radius 2 is 1.89 bits per heavy atom. The van der Waals surface area contributed by atoms with Gasteiger partial charge in [-0.1, -0.05) is 12.1 Å². The van der Waals surface area contributed by atoms with Crippen LogP contribution in [0.3, 0.4) is 0 Å². The number of thiazole rings is 1. The second-order valence-corrected chi connectivity index (χ2v) is 6.44. The molecule has 0 atom stereocenters. The van der Waals surface area contributed by atoms with Gasteiger partial charge in [0.05, 0.1) is 17.2 Å². The molecule has 0 saturated heterocycles. The molecule has 3 rings (SSSR count). The molecule has 0 bridgehead atoms. The van der Waals surface area contributed by atoms with Crippen LogP contribution in [0.25, 0.3) is 11.3 Å². The quantitative estimate of drug-likeness (QED) is 0.451. The van der Waals surface area contributed by atoms with Crippen LogP contribution in [-0.4, -0.2) is 29.0 Å². The molecule has 1 aromatic heterocycles. The second-order valence-electron chi connectivity index (χ2n) is 5.59. The summed E-state index contributed by atoms with van der Waals surface area (Å²) in [5.74, 6) is 0.930. The number of rotatable bonds is 8. The number of anilines is 1. The molecule has 1 N–H and O–H groups in total. The number of benzene rings is 2. The second kappa shape index (κ2) is 8.96. The number of nitrogens with zero attached hydrogens (tertiary/aromatic N) is 2. The number of ether oxygens (including phenoxy) is 2. The third kappa shape index (κ3) is 5.04. The lowest BCUT2D eigenvalue weighted by atomic mass is 10.1. The normalized spacial score (nSPS) is 10.3. The summed E-state index contributed by atoms with van der Waals surface area (Å²) < 4.78 is 10.8. The maximum absolute atomic E-state index is 12.1. The van der Waals surface area contributed by atoms with E-state index in [1.54, 1.807) is 41.8 Å². The Labute approximate surface area is 164 Å². The number of carbonyl (C=O) groups excluding carboxylic acids is 1. The topological polar surface area (TPSA) is 104 Å². The number of non-ortho nitro benzene ring substituents is 1. The van der Waals surface area contributed by atoms with E-state index in [-0.39, 0.29) is 18.2 Å². The number of hydrogen-bond acceptors (Lipinski definition) is 7. The van der Waals surface area contributed by atoms with Crippen LogP contribution in [0.1, 0.15) is 6.92 Å². The maximum atomic E-state index is 12.1. The summed E-state index contributed by atoms with van der Waals surface area (Å²) in [6.45, 7) is 2.31. The van der Waals surface area contributed by atoms with Gasteiger partial charge in [0.1, 0.15) is 11.5 Å². The average molecular weight is 399 g/mol. The zero-order valence-electron chi connectivity index (χ0n) is 15.0. The van der Waals surface area contributed by atoms with Crippen molar-refractivity contribution in [3.05, 3.63) is 64.0 Å². The smallest absolute Gasteiger partial charge is 0.270 e. The first-order valence-electron chi connectivity index (χ1n) is 8.41. The molecule has 1 amide bonds. The zero-order valence-corrected chi connectivity index (χ0v) is 15.8. The first kappa shape index (κ1) is 19.3. The highest BCUT2D eigenvalue weighted by Crippen LogP contribution is 2.27. The van der Waals surface area contributed by atoms with Crippen LogP contribution in [0.4, 0.5) is 10.8 Å². The lowest BCUT2D eigenvalue weighted by molar-refractivity contribution is -0.384. The Balaban J connectivity index is 1.56. The number of carbonyl (C=O) groups is 1. The van der Waals surface area contributed by atoms with Crippen molar-refractivity contribution in [1.29, 1.82) is 0 Å². The number of nitro benzene ring substituents is 1. The molecule has 0 unspecified atom stereocenters. The third-order valence-corrected chi connectivity index (χ3v) is 4.37. The third-order valence-electron chi connectivity index (χ3n) is 3.61. The highest BCUT2D eigenvalue weighted by atomic mass is 32.1. The molecule has 0 aliphatic rings. The van der Waals surface area contributed by atoms with Crippen molar-refractivity contribution in [2.24, 2.45) is 0 Å². The minimum atomic E-state index is -0.462. The molecule has 1 heterocycles. The first-order valence-corrected chi connectivity index (χ1v) is 9.29. The molecule has 9 heteroatoms. The molecule has 0 radical (unpaired) electrons. The largest absolute Gasteiger partial charge is 0.494 e. The van der Waals surface area contributed by atoms with E-state index in [9.17, 15) is 14.9 Å². The van der Waals surface area contributed by atoms with Gasteiger partial charge in [0, 0.05) is 23.1 Å². The van der Waals surface area contributed by atoms with Gasteiger partial charge in [-0.15, -0.1) is 11.3 Å². The summed E-state index contributed by atoms with van der Waals surface area (Å²) in [6, 6.07) is 13.2. The van der Waals surface area contributed by atoms with Crippen molar-refractivity contribution in [2.45, 2.75) is 6.92 Å². The van der Waals surface area contributed by atoms with Gasteiger partial charge in [0.25, 0.3) is 11.6 Å². The van der Waals surface area contributed by atoms with Crippen LogP contribution in [0, 0.1) is 10.1 Å². The van der Waals surface area contributed by atoms with Gasteiger partial charge in [-0.05, 0) is 31.2 Å². The molecular formula is C19H17N3O5S. The summed E-state index contributed by atoms with van der Waals surface area (Å²) in [6.07, 6.45) is 0. The van der Waals surface area contributed by atoms with Crippen molar-refractivity contribution in [3.63, 3.8) is 0 Å². The van der Waals surface area contributed by atoms with Crippen LogP contribution in [0.15, 0.2) is 53.9 Å². The van der Waals surface area contributed by atoms with E-state index in [2.05, 4.69) is 10.3 Å². The minimum absolute atomic E-state index is 0.0140. The van der Waals surface area contributed by atoms with Crippen molar-refractivity contribution < 1.29 is 19.2 Å². The van der Waals surface area contributed by atoms with E-state index >= 15 is 0 Å². The Morgan fingerprint density at radius 3 is 2.57 bits per heavy atom. The van der Waals surface area contributed by atoms with E-state index in [1.165, 1.54) is 23.5 Å². The zero-order chi connectivity index (χ0) is 19.9. The lowest BCUT2D eigenvalue weighted by Gasteiger charge is -2.07. The molecule has 0 spiro atoms. The summed E-state index contributed by atoms with van der Waals surface area (Å²) >= 11 is 1.23. The van der Waals surface area contributed by atoms with E-state index in [0.717, 1.165) is 5.75 Å². The van der Waals surface area contributed by atoms with Gasteiger partial charge in [-0.25, -0.2) is 4.98 Å². The number of nitrogens with one attached hydrogen (secondary N) is 1. The highest BCUT2D eigenvalue weighted by molar-refractivity contribution is 7.14. The van der Waals surface area contributed by atoms with Crippen molar-refractivity contribution in [1.82, 2.24) is 4.98 Å². The van der Waals surface area contributed by atoms with E-state index in [4.69, 9.17) is 9.47 Å². The lowest BCUT2D eigenvalue weighted by Crippen LogP contribution is -2.20. The van der Waals surface area contributed by atoms with Crippen LogP contribution in [0.2, 0.25) is 0 Å². The molecule has 0 aliphatic carbocycles. The van der Waals surface area contributed by atoms with Crippen LogP contribution < -0.4 is 14.8 Å². The summed E-state index contributed by atoms with van der Waals surface area (Å²) in [5, 5.41) is 15.7. The predicted molar refractivity (Wildman–Crippen MR) is 106 cm³/mol. The van der Waals surface area contributed by atoms with Gasteiger partial charge in [-0.2, -0.15) is 0 Å². The summed E-state index contributed by atoms with van der Waals surface area (Å²) in [4.78, 5) is 26.8. The Morgan fingerprint density at radius 1 is 1.18 bits per heavy atom. The van der Waals surface area contributed by atoms with Crippen molar-refractivity contribution >= 4 is 28.1 Å². The fourth-order valence-electron chi connectivity index (χ4n) is 2.35. The molecule has 2 aromatic carbocycles. The molecule has 0 saturated carbocycles. The standard InChI is InChI=1S/C19H17N3O5S/c1-2-26-15-6-8-16(9-7-15)27-11-18(23)21-19-20-17(12-28-19)13-4-3-5-14(10-13)22(24)25/h3-10,12H,2,11H2,1H3,(H,20,21,23). The van der Waals surface area contributed by atoms with Gasteiger partial charge in [0.15, 0.2) is 11.7 Å². The monoisotopic (exact) mass is 399 g/mol. The average Bonchev–Trinajstić information content (AvgIpc) is 3.16. The Hall–Kier alpha value is -3.46. The summed E-state index contributed by atoms with van der Waals surface area (Å²) in [5.41, 5.74) is 1.15. The molecule has 144 valence electrons. The van der Waals surface area contributed by atoms with E-state index < -0.39 is 4.92 Å². The van der Waals surface area contributed by atoms with Crippen LogP contribution in [0.5, 0.6) is 11.5 Å². The highest BCUT2D eigenvalue weighted by Gasteiger charge is 2.12. The minimum Gasteiger partial charge on any atom is -0.494 e. The molecule has 8 nitrogen and oxygen atoms in total. The Bertz CT molecular complexity index is 972. The molecule has 3 aromatic rings. The van der Waals surface area contributed by atoms with Gasteiger partial charge < -0.3 is 9.47 Å². The van der Waals surface area contributed by atoms with E-state index in [0.29, 0.717) is 28.7 Å². The van der Waals surface area contributed by atoms with Crippen LogP contribution >= 0.6 is 11.3 Å². The van der Waals surface area contributed by atoms with Crippen molar-refractivity contribution in [2.75, 3.05) is 18.5 Å². The Kier molecular flexibility index (Phi) is 6.18. The van der Waals surface area contributed by atoms with Gasteiger partial charge in [0.2, 0.25) is 0 Å². The van der Waals surface area contributed by atoms with Gasteiger partial charge in [-0.3, -0.25) is 20.2 Å². The number of aromatic nitrogens is 1. The van der Waals surface area contributed by atoms with E-state index in [1.807, 2.05) is 6.92 Å². The molecular weight excluding hydrogens is 382 g/mol. The van der Waals surface area contributed by atoms with Crippen molar-refractivity contribution in [3.8, 4) is 22.8 Å². The first-order chi connectivity index (χ1) is 13.5. The SMILES string of the molecule is CCOc1ccc(OCC(=O)Nc2nc(-c3cccc([N+](=O)[O-])c3)cs2)cc1. The fraction of sp³-hybridized carbons (Fsp3) is 0.158. The number of nitro groups is 1. The summed E-state index contributed by atoms with van der Waals surface area (Å²) in [7, 11) is 0. The van der Waals surface area contributed by atoms with Crippen LogP contribution in [-0.2, 0) is 4.79 Å². The number of amides is 1. The fourth-order valence-corrected chi connectivity index (χ4v) is 3.08. The molecule has 0 fully saturated rings. The predicted octanol–water partition coefficient (Wildman–Crippen LogP) is 4.13. The van der Waals surface area contributed by atoms with Gasteiger partial charge >= 0.3 is 0 Å².